The highest BCUT2D eigenvalue weighted by Gasteiger charge is 2.47. The standard InChI is InChI=1S/C14H27N/c1-4-15-13(14(3)9-10-14)12-7-5-11(2)6-8-12/h11-13,15H,4-10H2,1-3H3. The van der Waals surface area contributed by atoms with Crippen LogP contribution in [0.4, 0.5) is 0 Å². The minimum atomic E-state index is 0.654. The molecule has 0 aromatic carbocycles. The zero-order valence-electron chi connectivity index (χ0n) is 10.7. The lowest BCUT2D eigenvalue weighted by atomic mass is 9.75. The van der Waals surface area contributed by atoms with Crippen LogP contribution < -0.4 is 5.32 Å². The largest absolute Gasteiger partial charge is 0.313 e. The van der Waals surface area contributed by atoms with Crippen molar-refractivity contribution < 1.29 is 0 Å². The topological polar surface area (TPSA) is 12.0 Å². The molecule has 15 heavy (non-hydrogen) atoms. The number of rotatable bonds is 4. The Morgan fingerprint density at radius 2 is 1.80 bits per heavy atom. The average Bonchev–Trinajstić information content (AvgIpc) is 2.96. The van der Waals surface area contributed by atoms with Crippen molar-refractivity contribution in [1.29, 1.82) is 0 Å². The van der Waals surface area contributed by atoms with Gasteiger partial charge in [0, 0.05) is 6.04 Å². The van der Waals surface area contributed by atoms with Gasteiger partial charge in [-0.1, -0.05) is 33.6 Å². The van der Waals surface area contributed by atoms with Gasteiger partial charge in [-0.05, 0) is 49.5 Å². The van der Waals surface area contributed by atoms with E-state index in [-0.39, 0.29) is 0 Å². The molecule has 2 aliphatic carbocycles. The van der Waals surface area contributed by atoms with E-state index in [1.807, 2.05) is 0 Å². The Kier molecular flexibility index (Phi) is 3.39. The van der Waals surface area contributed by atoms with E-state index in [2.05, 4.69) is 26.1 Å². The summed E-state index contributed by atoms with van der Waals surface area (Å²) in [5.74, 6) is 1.95. The van der Waals surface area contributed by atoms with Crippen LogP contribution in [0.15, 0.2) is 0 Å². The molecule has 0 aromatic heterocycles. The van der Waals surface area contributed by atoms with Crippen LogP contribution in [0.1, 0.15) is 59.3 Å². The van der Waals surface area contributed by atoms with Crippen molar-refractivity contribution in [2.24, 2.45) is 17.3 Å². The highest BCUT2D eigenvalue weighted by atomic mass is 14.9. The lowest BCUT2D eigenvalue weighted by Crippen LogP contribution is -2.43. The Bertz CT molecular complexity index is 199. The van der Waals surface area contributed by atoms with Crippen molar-refractivity contribution in [3.8, 4) is 0 Å². The molecule has 1 unspecified atom stereocenters. The van der Waals surface area contributed by atoms with Crippen molar-refractivity contribution in [2.45, 2.75) is 65.3 Å². The van der Waals surface area contributed by atoms with Crippen LogP contribution in [0.3, 0.4) is 0 Å². The van der Waals surface area contributed by atoms with Gasteiger partial charge in [-0.3, -0.25) is 0 Å². The predicted molar refractivity (Wildman–Crippen MR) is 65.9 cm³/mol. The molecule has 0 saturated heterocycles. The van der Waals surface area contributed by atoms with Crippen LogP contribution in [0.25, 0.3) is 0 Å². The second-order valence-electron chi connectivity index (χ2n) is 6.21. The maximum Gasteiger partial charge on any atom is 0.0149 e. The highest BCUT2D eigenvalue weighted by molar-refractivity contribution is 5.02. The Morgan fingerprint density at radius 1 is 1.20 bits per heavy atom. The lowest BCUT2D eigenvalue weighted by Gasteiger charge is -2.37. The van der Waals surface area contributed by atoms with Crippen LogP contribution in [-0.4, -0.2) is 12.6 Å². The van der Waals surface area contributed by atoms with Crippen molar-refractivity contribution in [2.75, 3.05) is 6.54 Å². The molecular formula is C14H27N. The van der Waals surface area contributed by atoms with E-state index < -0.39 is 0 Å². The number of nitrogens with one attached hydrogen (secondary N) is 1. The van der Waals surface area contributed by atoms with Crippen molar-refractivity contribution in [3.63, 3.8) is 0 Å². The number of hydrogen-bond donors (Lipinski definition) is 1. The second-order valence-corrected chi connectivity index (χ2v) is 6.21. The quantitative estimate of drug-likeness (QED) is 0.746. The maximum atomic E-state index is 3.77. The molecule has 2 aliphatic rings. The monoisotopic (exact) mass is 209 g/mol. The molecule has 1 N–H and O–H groups in total. The summed E-state index contributed by atoms with van der Waals surface area (Å²) in [5.41, 5.74) is 0.654. The normalized spacial score (nSPS) is 36.2. The predicted octanol–water partition coefficient (Wildman–Crippen LogP) is 3.59. The van der Waals surface area contributed by atoms with Crippen molar-refractivity contribution >= 4 is 0 Å². The van der Waals surface area contributed by atoms with Crippen LogP contribution >= 0.6 is 0 Å². The van der Waals surface area contributed by atoms with E-state index in [9.17, 15) is 0 Å². The fourth-order valence-electron chi connectivity index (χ4n) is 3.33. The van der Waals surface area contributed by atoms with Gasteiger partial charge in [-0.25, -0.2) is 0 Å². The zero-order valence-corrected chi connectivity index (χ0v) is 10.7. The molecule has 0 bridgehead atoms. The van der Waals surface area contributed by atoms with E-state index >= 15 is 0 Å². The van der Waals surface area contributed by atoms with Gasteiger partial charge in [0.05, 0.1) is 0 Å². The van der Waals surface area contributed by atoms with E-state index in [4.69, 9.17) is 0 Å². The van der Waals surface area contributed by atoms with Crippen LogP contribution in [-0.2, 0) is 0 Å². The molecule has 0 radical (unpaired) electrons. The molecular weight excluding hydrogens is 182 g/mol. The first kappa shape index (κ1) is 11.4. The van der Waals surface area contributed by atoms with E-state index in [1.54, 1.807) is 0 Å². The minimum Gasteiger partial charge on any atom is -0.313 e. The first-order valence-electron chi connectivity index (χ1n) is 6.89. The van der Waals surface area contributed by atoms with Gasteiger partial charge in [0.2, 0.25) is 0 Å². The molecule has 1 heteroatoms. The number of hydrogen-bond acceptors (Lipinski definition) is 1. The molecule has 0 aromatic rings. The summed E-state index contributed by atoms with van der Waals surface area (Å²) in [6.45, 7) is 8.30. The molecule has 0 aliphatic heterocycles. The summed E-state index contributed by atoms with van der Waals surface area (Å²) in [7, 11) is 0. The SMILES string of the molecule is CCNC(C1CCC(C)CC1)C1(C)CC1. The zero-order chi connectivity index (χ0) is 10.9. The van der Waals surface area contributed by atoms with E-state index in [0.29, 0.717) is 5.41 Å². The summed E-state index contributed by atoms with van der Waals surface area (Å²) in [6, 6.07) is 0.815. The molecule has 1 atom stereocenters. The Morgan fingerprint density at radius 3 is 2.27 bits per heavy atom. The molecule has 88 valence electrons. The van der Waals surface area contributed by atoms with Gasteiger partial charge in [-0.15, -0.1) is 0 Å². The molecule has 1 nitrogen and oxygen atoms in total. The van der Waals surface area contributed by atoms with Gasteiger partial charge >= 0.3 is 0 Å². The third-order valence-electron chi connectivity index (χ3n) is 4.75. The Labute approximate surface area is 95.0 Å². The molecule has 2 fully saturated rings. The summed E-state index contributed by atoms with van der Waals surface area (Å²) < 4.78 is 0. The second kappa shape index (κ2) is 4.45. The van der Waals surface area contributed by atoms with Gasteiger partial charge in [0.1, 0.15) is 0 Å². The summed E-state index contributed by atoms with van der Waals surface area (Å²) >= 11 is 0. The van der Waals surface area contributed by atoms with Crippen LogP contribution in [0, 0.1) is 17.3 Å². The summed E-state index contributed by atoms with van der Waals surface area (Å²) in [4.78, 5) is 0. The van der Waals surface area contributed by atoms with Crippen molar-refractivity contribution in [1.82, 2.24) is 5.32 Å². The van der Waals surface area contributed by atoms with Gasteiger partial charge < -0.3 is 5.32 Å². The maximum absolute atomic E-state index is 3.77. The molecule has 2 rings (SSSR count). The Balaban J connectivity index is 1.93. The lowest BCUT2D eigenvalue weighted by molar-refractivity contribution is 0.181. The summed E-state index contributed by atoms with van der Waals surface area (Å²) in [5, 5.41) is 3.77. The first-order valence-corrected chi connectivity index (χ1v) is 6.89. The van der Waals surface area contributed by atoms with Crippen LogP contribution in [0.5, 0.6) is 0 Å². The molecule has 0 heterocycles. The summed E-state index contributed by atoms with van der Waals surface area (Å²) in [6.07, 6.45) is 8.77. The van der Waals surface area contributed by atoms with Gasteiger partial charge in [0.25, 0.3) is 0 Å². The average molecular weight is 209 g/mol. The van der Waals surface area contributed by atoms with E-state index in [0.717, 1.165) is 24.4 Å². The first-order chi connectivity index (χ1) is 7.15. The molecule has 0 spiro atoms. The Hall–Kier alpha value is -0.0400. The minimum absolute atomic E-state index is 0.654. The van der Waals surface area contributed by atoms with Crippen LogP contribution in [0.2, 0.25) is 0 Å². The third kappa shape index (κ3) is 2.55. The van der Waals surface area contributed by atoms with E-state index in [1.165, 1.54) is 38.5 Å². The highest BCUT2D eigenvalue weighted by Crippen LogP contribution is 2.52. The van der Waals surface area contributed by atoms with Crippen molar-refractivity contribution in [3.05, 3.63) is 0 Å². The van der Waals surface area contributed by atoms with Gasteiger partial charge in [-0.2, -0.15) is 0 Å². The molecule has 0 amide bonds. The molecule has 2 saturated carbocycles. The third-order valence-corrected chi connectivity index (χ3v) is 4.75. The smallest absolute Gasteiger partial charge is 0.0149 e. The van der Waals surface area contributed by atoms with Gasteiger partial charge in [0.15, 0.2) is 0 Å². The fourth-order valence-corrected chi connectivity index (χ4v) is 3.33. The fraction of sp³-hybridized carbons (Fsp3) is 1.00.